The van der Waals surface area contributed by atoms with Gasteiger partial charge in [0.15, 0.2) is 12.4 Å². The molecular weight excluding hydrogens is 332 g/mol. The third-order valence-corrected chi connectivity index (χ3v) is 3.56. The van der Waals surface area contributed by atoms with Gasteiger partial charge in [-0.3, -0.25) is 0 Å². The van der Waals surface area contributed by atoms with Crippen LogP contribution in [0, 0.1) is 0 Å². The zero-order valence-corrected chi connectivity index (χ0v) is 15.3. The number of esters is 1. The lowest BCUT2D eigenvalue weighted by atomic mass is 10.1. The fourth-order valence-corrected chi connectivity index (χ4v) is 2.36. The van der Waals surface area contributed by atoms with Crippen molar-refractivity contribution in [2.24, 2.45) is 0 Å². The molecule has 1 heterocycles. The van der Waals surface area contributed by atoms with Gasteiger partial charge in [0.1, 0.15) is 0 Å². The minimum atomic E-state index is -0.482. The highest BCUT2D eigenvalue weighted by atomic mass is 16.6. The molecule has 6 heteroatoms. The summed E-state index contributed by atoms with van der Waals surface area (Å²) in [6.07, 6.45) is 3.41. The summed E-state index contributed by atoms with van der Waals surface area (Å²) < 4.78 is 12.0. The Morgan fingerprint density at radius 1 is 1.04 bits per heavy atom. The van der Waals surface area contributed by atoms with Crippen molar-refractivity contribution < 1.29 is 23.6 Å². The normalized spacial score (nSPS) is 11.7. The Morgan fingerprint density at radius 3 is 2.31 bits per heavy atom. The lowest BCUT2D eigenvalue weighted by Crippen LogP contribution is -2.40. The second-order valence-electron chi connectivity index (χ2n) is 6.35. The van der Waals surface area contributed by atoms with Crippen LogP contribution < -0.4 is 9.88 Å². The first kappa shape index (κ1) is 19.4. The molecule has 0 aliphatic carbocycles. The third kappa shape index (κ3) is 6.55. The second-order valence-corrected chi connectivity index (χ2v) is 6.35. The predicted octanol–water partition coefficient (Wildman–Crippen LogP) is 2.85. The lowest BCUT2D eigenvalue weighted by Gasteiger charge is -2.13. The van der Waals surface area contributed by atoms with Crippen molar-refractivity contribution in [1.29, 1.82) is 0 Å². The molecule has 2 aromatic rings. The van der Waals surface area contributed by atoms with E-state index in [0.29, 0.717) is 5.56 Å². The van der Waals surface area contributed by atoms with Crippen LogP contribution in [0.2, 0.25) is 0 Å². The molecular formula is C20H25N2O4+. The minimum absolute atomic E-state index is 0.0388. The van der Waals surface area contributed by atoms with Crippen LogP contribution in [0.25, 0.3) is 0 Å². The van der Waals surface area contributed by atoms with Gasteiger partial charge in [-0.1, -0.05) is 30.3 Å². The quantitative estimate of drug-likeness (QED) is 0.611. The molecule has 6 nitrogen and oxygen atoms in total. The average molecular weight is 357 g/mol. The van der Waals surface area contributed by atoms with Crippen LogP contribution in [0.3, 0.4) is 0 Å². The minimum Gasteiger partial charge on any atom is -0.459 e. The SMILES string of the molecule is CC(C)OC(=O)c1cc[n+](COC(=O)N[C@@H](C)Cc2ccccc2)cc1. The molecule has 0 saturated carbocycles. The highest BCUT2D eigenvalue weighted by Gasteiger charge is 2.13. The molecule has 0 aliphatic heterocycles. The number of hydrogen-bond donors (Lipinski definition) is 1. The third-order valence-electron chi connectivity index (χ3n) is 3.56. The number of carbonyl (C=O) groups is 2. The molecule has 1 aromatic heterocycles. The van der Waals surface area contributed by atoms with Gasteiger partial charge >= 0.3 is 12.1 Å². The second kappa shape index (κ2) is 9.56. The Hall–Kier alpha value is -2.89. The molecule has 0 aliphatic rings. The largest absolute Gasteiger partial charge is 0.459 e. The fourth-order valence-electron chi connectivity index (χ4n) is 2.36. The number of nitrogens with one attached hydrogen (secondary N) is 1. The monoisotopic (exact) mass is 357 g/mol. The molecule has 1 N–H and O–H groups in total. The van der Waals surface area contributed by atoms with Crippen molar-refractivity contribution in [3.63, 3.8) is 0 Å². The van der Waals surface area contributed by atoms with E-state index in [9.17, 15) is 9.59 Å². The molecule has 1 aromatic carbocycles. The lowest BCUT2D eigenvalue weighted by molar-refractivity contribution is -0.727. The van der Waals surface area contributed by atoms with E-state index in [0.717, 1.165) is 12.0 Å². The molecule has 26 heavy (non-hydrogen) atoms. The fraction of sp³-hybridized carbons (Fsp3) is 0.350. The molecule has 0 bridgehead atoms. The number of rotatable bonds is 7. The van der Waals surface area contributed by atoms with E-state index >= 15 is 0 Å². The zero-order valence-electron chi connectivity index (χ0n) is 15.3. The predicted molar refractivity (Wildman–Crippen MR) is 96.4 cm³/mol. The first-order valence-corrected chi connectivity index (χ1v) is 8.61. The van der Waals surface area contributed by atoms with Crippen LogP contribution in [-0.2, 0) is 22.6 Å². The van der Waals surface area contributed by atoms with Crippen molar-refractivity contribution in [2.45, 2.75) is 46.1 Å². The number of amides is 1. The number of pyridine rings is 1. The highest BCUT2D eigenvalue weighted by Crippen LogP contribution is 2.03. The summed E-state index contributed by atoms with van der Waals surface area (Å²) >= 11 is 0. The molecule has 138 valence electrons. The maximum Gasteiger partial charge on any atom is 0.412 e. The molecule has 1 amide bonds. The number of ether oxygens (including phenoxy) is 2. The molecule has 0 spiro atoms. The number of alkyl carbamates (subject to hydrolysis) is 1. The van der Waals surface area contributed by atoms with Gasteiger partial charge in [-0.2, -0.15) is 4.57 Å². The van der Waals surface area contributed by atoms with Gasteiger partial charge in [0.2, 0.25) is 0 Å². The topological polar surface area (TPSA) is 68.5 Å². The Kier molecular flexibility index (Phi) is 7.14. The average Bonchev–Trinajstić information content (AvgIpc) is 2.60. The number of carbonyl (C=O) groups excluding carboxylic acids is 2. The summed E-state index contributed by atoms with van der Waals surface area (Å²) in [6, 6.07) is 13.2. The molecule has 0 unspecified atom stereocenters. The molecule has 0 saturated heterocycles. The molecule has 0 fully saturated rings. The van der Waals surface area contributed by atoms with Gasteiger partial charge in [-0.15, -0.1) is 0 Å². The highest BCUT2D eigenvalue weighted by molar-refractivity contribution is 5.89. The van der Waals surface area contributed by atoms with Crippen molar-refractivity contribution in [3.8, 4) is 0 Å². The molecule has 2 rings (SSSR count). The standard InChI is InChI=1S/C20H24N2O4/c1-15(2)26-19(23)18-9-11-22(12-10-18)14-25-20(24)21-16(3)13-17-7-5-4-6-8-17/h4-12,15-16H,13-14H2,1-3H3/p+1/t16-/m0/s1. The van der Waals surface area contributed by atoms with Crippen LogP contribution >= 0.6 is 0 Å². The summed E-state index contributed by atoms with van der Waals surface area (Å²) in [5, 5.41) is 2.80. The van der Waals surface area contributed by atoms with E-state index in [4.69, 9.17) is 9.47 Å². The summed E-state index contributed by atoms with van der Waals surface area (Å²) in [4.78, 5) is 23.7. The number of nitrogens with zero attached hydrogens (tertiary/aromatic N) is 1. The first-order valence-electron chi connectivity index (χ1n) is 8.61. The van der Waals surface area contributed by atoms with E-state index in [2.05, 4.69) is 5.32 Å². The summed E-state index contributed by atoms with van der Waals surface area (Å²) in [5.74, 6) is -0.374. The maximum atomic E-state index is 11.9. The van der Waals surface area contributed by atoms with Gasteiger partial charge in [-0.05, 0) is 32.8 Å². The van der Waals surface area contributed by atoms with E-state index in [-0.39, 0.29) is 24.8 Å². The Balaban J connectivity index is 1.77. The Morgan fingerprint density at radius 2 is 1.69 bits per heavy atom. The van der Waals surface area contributed by atoms with E-state index in [1.165, 1.54) is 0 Å². The van der Waals surface area contributed by atoms with Gasteiger partial charge in [-0.25, -0.2) is 9.59 Å². The van der Waals surface area contributed by atoms with Crippen molar-refractivity contribution in [2.75, 3.05) is 0 Å². The first-order chi connectivity index (χ1) is 12.4. The van der Waals surface area contributed by atoms with Crippen LogP contribution in [0.15, 0.2) is 54.9 Å². The van der Waals surface area contributed by atoms with Crippen molar-refractivity contribution in [1.82, 2.24) is 5.32 Å². The molecule has 1 atom stereocenters. The maximum absolute atomic E-state index is 11.9. The number of hydrogen-bond acceptors (Lipinski definition) is 4. The van der Waals surface area contributed by atoms with E-state index in [1.807, 2.05) is 37.3 Å². The van der Waals surface area contributed by atoms with Crippen molar-refractivity contribution >= 4 is 12.1 Å². The van der Waals surface area contributed by atoms with E-state index in [1.54, 1.807) is 42.9 Å². The number of aromatic nitrogens is 1. The van der Waals surface area contributed by atoms with Crippen LogP contribution in [-0.4, -0.2) is 24.2 Å². The Bertz CT molecular complexity index is 714. The van der Waals surface area contributed by atoms with Gasteiger partial charge in [0, 0.05) is 18.2 Å². The summed E-state index contributed by atoms with van der Waals surface area (Å²) in [7, 11) is 0. The van der Waals surface area contributed by atoms with Gasteiger partial charge in [0.05, 0.1) is 11.7 Å². The summed E-state index contributed by atoms with van der Waals surface area (Å²) in [6.45, 7) is 5.58. The summed E-state index contributed by atoms with van der Waals surface area (Å²) in [5.41, 5.74) is 1.61. The Labute approximate surface area is 153 Å². The number of benzene rings is 1. The van der Waals surface area contributed by atoms with Crippen LogP contribution in [0.4, 0.5) is 4.79 Å². The van der Waals surface area contributed by atoms with Crippen molar-refractivity contribution in [3.05, 3.63) is 66.0 Å². The van der Waals surface area contributed by atoms with Crippen LogP contribution in [0.1, 0.15) is 36.7 Å². The van der Waals surface area contributed by atoms with Gasteiger partial charge in [0.25, 0.3) is 6.73 Å². The molecule has 0 radical (unpaired) electrons. The van der Waals surface area contributed by atoms with E-state index < -0.39 is 6.09 Å². The van der Waals surface area contributed by atoms with Crippen LogP contribution in [0.5, 0.6) is 0 Å². The zero-order chi connectivity index (χ0) is 18.9. The smallest absolute Gasteiger partial charge is 0.412 e. The van der Waals surface area contributed by atoms with Gasteiger partial charge < -0.3 is 14.8 Å².